The van der Waals surface area contributed by atoms with E-state index in [4.69, 9.17) is 0 Å². The number of piperazine rings is 1. The summed E-state index contributed by atoms with van der Waals surface area (Å²) in [6.45, 7) is 5.85. The number of hydrogen-bond acceptors (Lipinski definition) is 2. The van der Waals surface area contributed by atoms with Gasteiger partial charge in [-0.1, -0.05) is 6.07 Å². The molecule has 5 nitrogen and oxygen atoms in total. The fraction of sp³-hybridized carbons (Fsp3) is 0.529. The second-order valence-electron chi connectivity index (χ2n) is 5.96. The van der Waals surface area contributed by atoms with Gasteiger partial charge in [-0.2, -0.15) is 13.2 Å². The first kappa shape index (κ1) is 23.4. The first-order valence-corrected chi connectivity index (χ1v) is 8.36. The first-order valence-electron chi connectivity index (χ1n) is 8.36. The average molecular weight is 502 g/mol. The summed E-state index contributed by atoms with van der Waals surface area (Å²) in [6, 6.07) is 2.60. The molecule has 1 amide bonds. The highest BCUT2D eigenvalue weighted by atomic mass is 127. The summed E-state index contributed by atoms with van der Waals surface area (Å²) in [5.41, 5.74) is -1.10. The van der Waals surface area contributed by atoms with Crippen molar-refractivity contribution in [1.82, 2.24) is 15.1 Å². The number of halogens is 5. The van der Waals surface area contributed by atoms with Crippen LogP contribution in [0.25, 0.3) is 0 Å². The average Bonchev–Trinajstić information content (AvgIpc) is 2.58. The van der Waals surface area contributed by atoms with Gasteiger partial charge in [0.25, 0.3) is 0 Å². The smallest absolute Gasteiger partial charge is 0.357 e. The molecule has 0 aliphatic carbocycles. The molecule has 1 aromatic rings. The highest BCUT2D eigenvalue weighted by Gasteiger charge is 2.33. The van der Waals surface area contributed by atoms with Crippen LogP contribution < -0.4 is 5.32 Å². The van der Waals surface area contributed by atoms with Crippen LogP contribution in [0, 0.1) is 5.82 Å². The van der Waals surface area contributed by atoms with E-state index >= 15 is 0 Å². The molecule has 1 heterocycles. The topological polar surface area (TPSA) is 47.9 Å². The summed E-state index contributed by atoms with van der Waals surface area (Å²) in [5, 5.41) is 3.05. The molecule has 0 atom stereocenters. The van der Waals surface area contributed by atoms with E-state index in [-0.39, 0.29) is 42.0 Å². The zero-order valence-corrected chi connectivity index (χ0v) is 17.5. The SMILES string of the molecule is CCNC(=NCc1ccc(F)cc1C(F)(F)F)N1CCN(C(C)=O)CC1.I. The van der Waals surface area contributed by atoms with Crippen molar-refractivity contribution in [3.8, 4) is 0 Å². The molecule has 2 rings (SSSR count). The van der Waals surface area contributed by atoms with Gasteiger partial charge in [-0.15, -0.1) is 24.0 Å². The summed E-state index contributed by atoms with van der Waals surface area (Å²) in [5.74, 6) is -0.460. The number of amides is 1. The first-order chi connectivity index (χ1) is 12.2. The third-order valence-corrected chi connectivity index (χ3v) is 4.14. The molecule has 0 unspecified atom stereocenters. The Hall–Kier alpha value is -1.59. The minimum Gasteiger partial charge on any atom is -0.357 e. The lowest BCUT2D eigenvalue weighted by Gasteiger charge is -2.36. The van der Waals surface area contributed by atoms with Crippen molar-refractivity contribution < 1.29 is 22.4 Å². The molecular formula is C17H23F4IN4O. The third-order valence-electron chi connectivity index (χ3n) is 4.14. The lowest BCUT2D eigenvalue weighted by Crippen LogP contribution is -2.53. The highest BCUT2D eigenvalue weighted by Crippen LogP contribution is 2.32. The third kappa shape index (κ3) is 6.51. The highest BCUT2D eigenvalue weighted by molar-refractivity contribution is 14.0. The molecule has 1 saturated heterocycles. The van der Waals surface area contributed by atoms with E-state index in [2.05, 4.69) is 10.3 Å². The van der Waals surface area contributed by atoms with Crippen LogP contribution in [0.4, 0.5) is 17.6 Å². The zero-order chi connectivity index (χ0) is 19.3. The van der Waals surface area contributed by atoms with E-state index < -0.39 is 17.6 Å². The summed E-state index contributed by atoms with van der Waals surface area (Å²) in [4.78, 5) is 19.3. The van der Waals surface area contributed by atoms with Crippen molar-refractivity contribution in [2.24, 2.45) is 4.99 Å². The van der Waals surface area contributed by atoms with Gasteiger partial charge in [0.1, 0.15) is 5.82 Å². The quantitative estimate of drug-likeness (QED) is 0.299. The number of hydrogen-bond donors (Lipinski definition) is 1. The fourth-order valence-electron chi connectivity index (χ4n) is 2.77. The molecule has 27 heavy (non-hydrogen) atoms. The second kappa shape index (κ2) is 10.1. The predicted molar refractivity (Wildman–Crippen MR) is 105 cm³/mol. The number of carbonyl (C=O) groups is 1. The molecule has 0 spiro atoms. The number of carbonyl (C=O) groups excluding carboxylic acids is 1. The van der Waals surface area contributed by atoms with Gasteiger partial charge >= 0.3 is 6.18 Å². The molecule has 0 aromatic heterocycles. The van der Waals surface area contributed by atoms with Crippen LogP contribution in [0.15, 0.2) is 23.2 Å². The van der Waals surface area contributed by atoms with Gasteiger partial charge in [-0.05, 0) is 24.6 Å². The number of alkyl halides is 3. The van der Waals surface area contributed by atoms with Crippen LogP contribution in [0.1, 0.15) is 25.0 Å². The van der Waals surface area contributed by atoms with E-state index in [1.807, 2.05) is 11.8 Å². The maximum atomic E-state index is 13.2. The fourth-order valence-corrected chi connectivity index (χ4v) is 2.77. The van der Waals surface area contributed by atoms with E-state index in [0.717, 1.165) is 12.1 Å². The van der Waals surface area contributed by atoms with Gasteiger partial charge in [0, 0.05) is 39.6 Å². The number of nitrogens with one attached hydrogen (secondary N) is 1. The molecule has 0 bridgehead atoms. The van der Waals surface area contributed by atoms with Gasteiger partial charge in [0.15, 0.2) is 5.96 Å². The Kier molecular flexibility index (Phi) is 8.76. The summed E-state index contributed by atoms with van der Waals surface area (Å²) in [7, 11) is 0. The van der Waals surface area contributed by atoms with E-state index in [1.54, 1.807) is 4.90 Å². The van der Waals surface area contributed by atoms with Crippen LogP contribution >= 0.6 is 24.0 Å². The number of nitrogens with zero attached hydrogens (tertiary/aromatic N) is 3. The number of guanidine groups is 1. The minimum atomic E-state index is -4.64. The lowest BCUT2D eigenvalue weighted by molar-refractivity contribution is -0.138. The molecule has 1 aromatic carbocycles. The Morgan fingerprint density at radius 2 is 1.78 bits per heavy atom. The van der Waals surface area contributed by atoms with Gasteiger partial charge < -0.3 is 15.1 Å². The van der Waals surface area contributed by atoms with Crippen LogP contribution in [0.2, 0.25) is 0 Å². The van der Waals surface area contributed by atoms with E-state index in [9.17, 15) is 22.4 Å². The normalized spacial score (nSPS) is 15.4. The Morgan fingerprint density at radius 3 is 2.30 bits per heavy atom. The summed E-state index contributed by atoms with van der Waals surface area (Å²) >= 11 is 0. The van der Waals surface area contributed by atoms with Crippen LogP contribution in [0.3, 0.4) is 0 Å². The molecule has 1 aliphatic heterocycles. The molecular weight excluding hydrogens is 479 g/mol. The van der Waals surface area contributed by atoms with Gasteiger partial charge in [-0.25, -0.2) is 9.38 Å². The van der Waals surface area contributed by atoms with Gasteiger partial charge in [0.05, 0.1) is 12.1 Å². The molecule has 1 aliphatic rings. The standard InChI is InChI=1S/C17H22F4N4O.HI/c1-3-22-16(25-8-6-24(7-9-25)12(2)26)23-11-13-4-5-14(18)10-15(13)17(19,20)21;/h4-5,10H,3,6-9,11H2,1-2H3,(H,22,23);1H. The maximum absolute atomic E-state index is 13.2. The van der Waals surface area contributed by atoms with Crippen molar-refractivity contribution in [2.45, 2.75) is 26.6 Å². The second-order valence-corrected chi connectivity index (χ2v) is 5.96. The monoisotopic (exact) mass is 502 g/mol. The van der Waals surface area contributed by atoms with Crippen molar-refractivity contribution in [3.05, 3.63) is 35.1 Å². The molecule has 0 saturated carbocycles. The van der Waals surface area contributed by atoms with E-state index in [0.29, 0.717) is 44.7 Å². The van der Waals surface area contributed by atoms with Crippen molar-refractivity contribution >= 4 is 35.8 Å². The minimum absolute atomic E-state index is 0. The molecule has 0 radical (unpaired) electrons. The molecule has 1 N–H and O–H groups in total. The van der Waals surface area contributed by atoms with E-state index in [1.165, 1.54) is 6.92 Å². The molecule has 10 heteroatoms. The molecule has 152 valence electrons. The Bertz CT molecular complexity index is 673. The Labute approximate surface area is 172 Å². The van der Waals surface area contributed by atoms with Gasteiger partial charge in [0.2, 0.25) is 5.91 Å². The number of rotatable bonds is 3. The number of aliphatic imine (C=N–C) groups is 1. The van der Waals surface area contributed by atoms with Gasteiger partial charge in [-0.3, -0.25) is 4.79 Å². The van der Waals surface area contributed by atoms with Crippen molar-refractivity contribution in [3.63, 3.8) is 0 Å². The maximum Gasteiger partial charge on any atom is 0.416 e. The number of benzene rings is 1. The van der Waals surface area contributed by atoms with Crippen molar-refractivity contribution in [2.75, 3.05) is 32.7 Å². The summed E-state index contributed by atoms with van der Waals surface area (Å²) < 4.78 is 52.5. The largest absolute Gasteiger partial charge is 0.416 e. The van der Waals surface area contributed by atoms with Crippen molar-refractivity contribution in [1.29, 1.82) is 0 Å². The lowest BCUT2D eigenvalue weighted by atomic mass is 10.1. The predicted octanol–water partition coefficient (Wildman–Crippen LogP) is 3.09. The summed E-state index contributed by atoms with van der Waals surface area (Å²) in [6.07, 6.45) is -4.64. The van der Waals surface area contributed by atoms with Crippen LogP contribution in [0.5, 0.6) is 0 Å². The zero-order valence-electron chi connectivity index (χ0n) is 15.1. The Balaban J connectivity index is 0.00000364. The van der Waals surface area contributed by atoms with Crippen LogP contribution in [-0.2, 0) is 17.5 Å². The Morgan fingerprint density at radius 1 is 1.19 bits per heavy atom. The molecule has 1 fully saturated rings. The van der Waals surface area contributed by atoms with Crippen LogP contribution in [-0.4, -0.2) is 54.4 Å².